The molecule has 0 radical (unpaired) electrons. The van der Waals surface area contributed by atoms with Gasteiger partial charge in [-0.2, -0.15) is 0 Å². The van der Waals surface area contributed by atoms with Gasteiger partial charge in [-0.05, 0) is 85.0 Å². The predicted octanol–water partition coefficient (Wildman–Crippen LogP) is 3.83. The predicted molar refractivity (Wildman–Crippen MR) is 95.0 cm³/mol. The number of carbonyl (C=O) groups excluding carboxylic acids is 1. The van der Waals surface area contributed by atoms with Crippen molar-refractivity contribution in [3.8, 4) is 0 Å². The Balaban J connectivity index is 1.64. The summed E-state index contributed by atoms with van der Waals surface area (Å²) < 4.78 is 5.91. The van der Waals surface area contributed by atoms with Gasteiger partial charge in [0.25, 0.3) is 0 Å². The molecular weight excluding hydrogens is 298 g/mol. The number of primary amides is 1. The maximum Gasteiger partial charge on any atom is 0.248 e. The topological polar surface area (TPSA) is 52.3 Å². The van der Waals surface area contributed by atoms with Crippen LogP contribution in [0.3, 0.4) is 0 Å². The molecular formula is C21H29NO2. The van der Waals surface area contributed by atoms with Gasteiger partial charge in [0.2, 0.25) is 5.91 Å². The van der Waals surface area contributed by atoms with Crippen LogP contribution in [-0.2, 0) is 16.6 Å². The molecule has 1 unspecified atom stereocenters. The molecule has 1 aliphatic heterocycles. The normalized spacial score (nSPS) is 37.9. The van der Waals surface area contributed by atoms with E-state index in [9.17, 15) is 4.79 Å². The first-order valence-corrected chi connectivity index (χ1v) is 9.54. The summed E-state index contributed by atoms with van der Waals surface area (Å²) in [7, 11) is 0. The van der Waals surface area contributed by atoms with Gasteiger partial charge in [-0.25, -0.2) is 0 Å². The molecule has 2 aliphatic carbocycles. The van der Waals surface area contributed by atoms with Crippen molar-refractivity contribution in [3.63, 3.8) is 0 Å². The Kier molecular flexibility index (Phi) is 3.95. The molecule has 1 amide bonds. The summed E-state index contributed by atoms with van der Waals surface area (Å²) in [5.41, 5.74) is 9.15. The Hall–Kier alpha value is -1.35. The van der Waals surface area contributed by atoms with Crippen LogP contribution < -0.4 is 5.73 Å². The number of hydrogen-bond acceptors (Lipinski definition) is 2. The molecule has 1 aromatic carbocycles. The first kappa shape index (κ1) is 16.1. The monoisotopic (exact) mass is 327 g/mol. The maximum absolute atomic E-state index is 11.6. The van der Waals surface area contributed by atoms with Crippen molar-refractivity contribution >= 4 is 5.91 Å². The lowest BCUT2D eigenvalue weighted by molar-refractivity contribution is 0.0214. The second-order valence-electron chi connectivity index (χ2n) is 8.48. The lowest BCUT2D eigenvalue weighted by atomic mass is 9.51. The number of amides is 1. The van der Waals surface area contributed by atoms with E-state index in [1.807, 2.05) is 6.07 Å². The molecule has 1 aromatic rings. The van der Waals surface area contributed by atoms with Gasteiger partial charge in [0, 0.05) is 12.2 Å². The lowest BCUT2D eigenvalue weighted by Gasteiger charge is -2.53. The van der Waals surface area contributed by atoms with Crippen molar-refractivity contribution < 1.29 is 9.53 Å². The number of ether oxygens (including phenoxy) is 1. The molecule has 3 heteroatoms. The van der Waals surface area contributed by atoms with Gasteiger partial charge in [-0.15, -0.1) is 0 Å². The molecule has 0 aromatic heterocycles. The summed E-state index contributed by atoms with van der Waals surface area (Å²) >= 11 is 0. The Morgan fingerprint density at radius 2 is 2.21 bits per heavy atom. The van der Waals surface area contributed by atoms with Crippen LogP contribution in [0.1, 0.15) is 67.4 Å². The zero-order chi connectivity index (χ0) is 16.9. The van der Waals surface area contributed by atoms with E-state index in [4.69, 9.17) is 10.5 Å². The van der Waals surface area contributed by atoms with Crippen LogP contribution in [0, 0.1) is 17.8 Å². The zero-order valence-corrected chi connectivity index (χ0v) is 14.9. The highest BCUT2D eigenvalue weighted by Gasteiger charge is 2.49. The van der Waals surface area contributed by atoms with E-state index < -0.39 is 0 Å². The smallest absolute Gasteiger partial charge is 0.248 e. The molecule has 2 fully saturated rings. The average Bonchev–Trinajstić information content (AvgIpc) is 3.06. The van der Waals surface area contributed by atoms with E-state index in [0.717, 1.165) is 24.9 Å². The molecule has 130 valence electrons. The summed E-state index contributed by atoms with van der Waals surface area (Å²) in [4.78, 5) is 11.6. The number of benzene rings is 1. The standard InChI is InChI=1S/C21H29NO2/c1-13-18-11-15-5-6-16(20(22)23)12-19(15)21(13,2)8-7-14(18)10-17-4-3-9-24-17/h5-6,12-14,17-18H,3-4,7-11H2,1-2H3,(H2,22,23)/t13-,14?,17+,18+,21+/m0/s1. The van der Waals surface area contributed by atoms with Gasteiger partial charge in [-0.1, -0.05) is 19.9 Å². The van der Waals surface area contributed by atoms with E-state index >= 15 is 0 Å². The summed E-state index contributed by atoms with van der Waals surface area (Å²) in [6.07, 6.45) is 7.83. The zero-order valence-electron chi connectivity index (χ0n) is 14.9. The Bertz CT molecular complexity index is 649. The van der Waals surface area contributed by atoms with Crippen LogP contribution in [-0.4, -0.2) is 18.6 Å². The highest BCUT2D eigenvalue weighted by Crippen LogP contribution is 2.55. The minimum atomic E-state index is -0.316. The first-order valence-electron chi connectivity index (χ1n) is 9.54. The third-order valence-corrected chi connectivity index (χ3v) is 7.34. The molecule has 2 bridgehead atoms. The summed E-state index contributed by atoms with van der Waals surface area (Å²) in [5.74, 6) is 1.84. The Morgan fingerprint density at radius 1 is 1.38 bits per heavy atom. The van der Waals surface area contributed by atoms with Crippen molar-refractivity contribution in [2.45, 2.75) is 63.9 Å². The second-order valence-corrected chi connectivity index (χ2v) is 8.48. The molecule has 24 heavy (non-hydrogen) atoms. The molecule has 2 N–H and O–H groups in total. The average molecular weight is 327 g/mol. The van der Waals surface area contributed by atoms with Gasteiger partial charge >= 0.3 is 0 Å². The van der Waals surface area contributed by atoms with Crippen molar-refractivity contribution in [1.29, 1.82) is 0 Å². The van der Waals surface area contributed by atoms with E-state index in [0.29, 0.717) is 17.6 Å². The van der Waals surface area contributed by atoms with E-state index in [-0.39, 0.29) is 11.3 Å². The van der Waals surface area contributed by atoms with Crippen LogP contribution in [0.25, 0.3) is 0 Å². The second kappa shape index (κ2) is 5.87. The van der Waals surface area contributed by atoms with Crippen LogP contribution in [0.15, 0.2) is 18.2 Å². The first-order chi connectivity index (χ1) is 11.5. The fraction of sp³-hybridized carbons (Fsp3) is 0.667. The van der Waals surface area contributed by atoms with E-state index in [2.05, 4.69) is 26.0 Å². The van der Waals surface area contributed by atoms with Crippen LogP contribution in [0.4, 0.5) is 0 Å². The fourth-order valence-electron chi connectivity index (χ4n) is 5.68. The molecule has 1 saturated carbocycles. The highest BCUT2D eigenvalue weighted by atomic mass is 16.5. The lowest BCUT2D eigenvalue weighted by Crippen LogP contribution is -2.48. The molecule has 3 aliphatic rings. The van der Waals surface area contributed by atoms with Gasteiger partial charge in [0.05, 0.1) is 6.10 Å². The number of nitrogens with two attached hydrogens (primary N) is 1. The largest absolute Gasteiger partial charge is 0.378 e. The SMILES string of the molecule is C[C@H]1[C@H]2Cc3ccc(C(N)=O)cc3[C@]1(C)CCC2C[C@H]1CCCO1. The van der Waals surface area contributed by atoms with E-state index in [1.165, 1.54) is 43.2 Å². The number of carbonyl (C=O) groups is 1. The van der Waals surface area contributed by atoms with Gasteiger partial charge in [-0.3, -0.25) is 4.79 Å². The molecule has 1 saturated heterocycles. The number of hydrogen-bond donors (Lipinski definition) is 1. The molecule has 3 nitrogen and oxygen atoms in total. The number of fused-ring (bicyclic) bond motifs is 4. The van der Waals surface area contributed by atoms with Crippen molar-refractivity contribution in [2.24, 2.45) is 23.5 Å². The summed E-state index contributed by atoms with van der Waals surface area (Å²) in [6.45, 7) is 5.77. The van der Waals surface area contributed by atoms with Crippen LogP contribution >= 0.6 is 0 Å². The van der Waals surface area contributed by atoms with Gasteiger partial charge < -0.3 is 10.5 Å². The maximum atomic E-state index is 11.6. The van der Waals surface area contributed by atoms with E-state index in [1.54, 1.807) is 0 Å². The minimum Gasteiger partial charge on any atom is -0.378 e. The van der Waals surface area contributed by atoms with Gasteiger partial charge in [0.1, 0.15) is 0 Å². The minimum absolute atomic E-state index is 0.177. The van der Waals surface area contributed by atoms with Crippen molar-refractivity contribution in [2.75, 3.05) is 6.61 Å². The van der Waals surface area contributed by atoms with Crippen molar-refractivity contribution in [1.82, 2.24) is 0 Å². The van der Waals surface area contributed by atoms with Crippen LogP contribution in [0.2, 0.25) is 0 Å². The number of rotatable bonds is 3. The molecule has 5 atom stereocenters. The third kappa shape index (κ3) is 2.48. The van der Waals surface area contributed by atoms with Gasteiger partial charge in [0.15, 0.2) is 0 Å². The highest BCUT2D eigenvalue weighted by molar-refractivity contribution is 5.93. The summed E-state index contributed by atoms with van der Waals surface area (Å²) in [6, 6.07) is 6.14. The Labute approximate surface area is 145 Å². The summed E-state index contributed by atoms with van der Waals surface area (Å²) in [5, 5.41) is 0. The van der Waals surface area contributed by atoms with Crippen LogP contribution in [0.5, 0.6) is 0 Å². The third-order valence-electron chi connectivity index (χ3n) is 7.34. The van der Waals surface area contributed by atoms with Crippen molar-refractivity contribution in [3.05, 3.63) is 34.9 Å². The quantitative estimate of drug-likeness (QED) is 0.917. The Morgan fingerprint density at radius 3 is 2.92 bits per heavy atom. The fourth-order valence-corrected chi connectivity index (χ4v) is 5.68. The molecule has 4 rings (SSSR count). The molecule has 0 spiro atoms. The molecule has 1 heterocycles.